The second-order valence-electron chi connectivity index (χ2n) is 7.05. The zero-order chi connectivity index (χ0) is 15.6. The number of guanidine groups is 1. The summed E-state index contributed by atoms with van der Waals surface area (Å²) in [4.78, 5) is 6.98. The van der Waals surface area contributed by atoms with Gasteiger partial charge in [-0.2, -0.15) is 0 Å². The molecule has 0 unspecified atom stereocenters. The predicted octanol–water partition coefficient (Wildman–Crippen LogP) is 3.00. The third-order valence-corrected chi connectivity index (χ3v) is 5.26. The van der Waals surface area contributed by atoms with Crippen molar-refractivity contribution in [3.05, 3.63) is 0 Å². The molecule has 4 heteroatoms. The molecule has 2 fully saturated rings. The van der Waals surface area contributed by atoms with Gasteiger partial charge < -0.3 is 15.5 Å². The van der Waals surface area contributed by atoms with Gasteiger partial charge in [-0.05, 0) is 38.1 Å². The van der Waals surface area contributed by atoms with Crippen molar-refractivity contribution in [2.24, 2.45) is 10.9 Å². The minimum absolute atomic E-state index is 0.592. The summed E-state index contributed by atoms with van der Waals surface area (Å²) in [5, 5.41) is 7.14. The van der Waals surface area contributed by atoms with E-state index in [-0.39, 0.29) is 0 Å². The molecule has 1 saturated heterocycles. The number of hydrogen-bond acceptors (Lipinski definition) is 2. The zero-order valence-electron chi connectivity index (χ0n) is 14.7. The lowest BCUT2D eigenvalue weighted by atomic mass is 9.87. The highest BCUT2D eigenvalue weighted by molar-refractivity contribution is 5.79. The molecule has 2 N–H and O–H groups in total. The van der Waals surface area contributed by atoms with Gasteiger partial charge in [0, 0.05) is 32.7 Å². The Labute approximate surface area is 137 Å². The van der Waals surface area contributed by atoms with Gasteiger partial charge in [0.25, 0.3) is 0 Å². The summed E-state index contributed by atoms with van der Waals surface area (Å²) in [6.07, 6.45) is 12.2. The molecular formula is C18H36N4. The first kappa shape index (κ1) is 17.6. The third-order valence-electron chi connectivity index (χ3n) is 5.26. The van der Waals surface area contributed by atoms with E-state index in [1.165, 1.54) is 77.4 Å². The van der Waals surface area contributed by atoms with Crippen molar-refractivity contribution < 1.29 is 0 Å². The summed E-state index contributed by atoms with van der Waals surface area (Å²) < 4.78 is 0. The van der Waals surface area contributed by atoms with E-state index in [1.807, 2.05) is 7.05 Å². The Kier molecular flexibility index (Phi) is 8.06. The van der Waals surface area contributed by atoms with Crippen molar-refractivity contribution in [2.45, 2.75) is 70.8 Å². The summed E-state index contributed by atoms with van der Waals surface area (Å²) in [5.74, 6) is 1.95. The van der Waals surface area contributed by atoms with Gasteiger partial charge in [-0.15, -0.1) is 0 Å². The van der Waals surface area contributed by atoms with Gasteiger partial charge in [0.05, 0.1) is 0 Å². The molecule has 0 aromatic rings. The minimum atomic E-state index is 0.592. The van der Waals surface area contributed by atoms with Crippen molar-refractivity contribution in [1.29, 1.82) is 0 Å². The van der Waals surface area contributed by atoms with E-state index in [0.29, 0.717) is 6.04 Å². The number of nitrogens with zero attached hydrogens (tertiary/aromatic N) is 2. The number of likely N-dealkylation sites (tertiary alicyclic amines) is 1. The van der Waals surface area contributed by atoms with E-state index in [4.69, 9.17) is 0 Å². The van der Waals surface area contributed by atoms with Crippen LogP contribution >= 0.6 is 0 Å². The lowest BCUT2D eigenvalue weighted by Crippen LogP contribution is -2.49. The molecule has 0 radical (unpaired) electrons. The van der Waals surface area contributed by atoms with E-state index in [9.17, 15) is 0 Å². The molecule has 2 rings (SSSR count). The monoisotopic (exact) mass is 308 g/mol. The maximum absolute atomic E-state index is 4.40. The highest BCUT2D eigenvalue weighted by Crippen LogP contribution is 2.25. The number of aliphatic imine (C=N–C) groups is 1. The molecule has 0 aromatic carbocycles. The fraction of sp³-hybridized carbons (Fsp3) is 0.944. The molecule has 1 saturated carbocycles. The minimum Gasteiger partial charge on any atom is -0.356 e. The zero-order valence-corrected chi connectivity index (χ0v) is 14.7. The van der Waals surface area contributed by atoms with Crippen LogP contribution in [0.5, 0.6) is 0 Å². The van der Waals surface area contributed by atoms with Crippen LogP contribution in [-0.2, 0) is 0 Å². The summed E-state index contributed by atoms with van der Waals surface area (Å²) in [6.45, 7) is 7.04. The van der Waals surface area contributed by atoms with Gasteiger partial charge in [0.15, 0.2) is 5.96 Å². The topological polar surface area (TPSA) is 39.7 Å². The molecule has 2 aliphatic rings. The van der Waals surface area contributed by atoms with Gasteiger partial charge in [-0.1, -0.05) is 39.0 Å². The predicted molar refractivity (Wildman–Crippen MR) is 95.4 cm³/mol. The molecule has 0 amide bonds. The number of hydrogen-bond donors (Lipinski definition) is 2. The van der Waals surface area contributed by atoms with Crippen molar-refractivity contribution >= 4 is 5.96 Å². The quantitative estimate of drug-likeness (QED) is 0.585. The first-order valence-electron chi connectivity index (χ1n) is 9.51. The van der Waals surface area contributed by atoms with E-state index >= 15 is 0 Å². The van der Waals surface area contributed by atoms with E-state index in [0.717, 1.165) is 18.4 Å². The second kappa shape index (κ2) is 10.1. The second-order valence-corrected chi connectivity index (χ2v) is 7.05. The number of piperidine rings is 1. The lowest BCUT2D eigenvalue weighted by Gasteiger charge is -2.33. The van der Waals surface area contributed by atoms with Crippen LogP contribution in [0.4, 0.5) is 0 Å². The van der Waals surface area contributed by atoms with Gasteiger partial charge in [-0.25, -0.2) is 0 Å². The fourth-order valence-corrected chi connectivity index (χ4v) is 3.88. The Bertz CT molecular complexity index is 315. The van der Waals surface area contributed by atoms with E-state index < -0.39 is 0 Å². The highest BCUT2D eigenvalue weighted by atomic mass is 15.2. The molecule has 1 heterocycles. The van der Waals surface area contributed by atoms with Crippen molar-refractivity contribution in [1.82, 2.24) is 15.5 Å². The van der Waals surface area contributed by atoms with Crippen LogP contribution in [-0.4, -0.2) is 50.1 Å². The normalized spacial score (nSPS) is 22.7. The molecule has 0 aromatic heterocycles. The Morgan fingerprint density at radius 2 is 1.82 bits per heavy atom. The van der Waals surface area contributed by atoms with Gasteiger partial charge in [0.2, 0.25) is 0 Å². The van der Waals surface area contributed by atoms with Gasteiger partial charge >= 0.3 is 0 Å². The van der Waals surface area contributed by atoms with Crippen LogP contribution in [0.3, 0.4) is 0 Å². The Morgan fingerprint density at radius 3 is 2.45 bits per heavy atom. The molecule has 1 aliphatic heterocycles. The molecule has 0 bridgehead atoms. The first-order valence-corrected chi connectivity index (χ1v) is 9.51. The lowest BCUT2D eigenvalue weighted by molar-refractivity contribution is 0.206. The van der Waals surface area contributed by atoms with Crippen LogP contribution < -0.4 is 10.6 Å². The van der Waals surface area contributed by atoms with Crippen LogP contribution in [0.15, 0.2) is 4.99 Å². The maximum Gasteiger partial charge on any atom is 0.191 e. The summed E-state index contributed by atoms with van der Waals surface area (Å²) in [5.41, 5.74) is 0. The molecular weight excluding hydrogens is 272 g/mol. The molecule has 1 aliphatic carbocycles. The van der Waals surface area contributed by atoms with Crippen LogP contribution in [0.25, 0.3) is 0 Å². The smallest absolute Gasteiger partial charge is 0.191 e. The average molecular weight is 309 g/mol. The fourth-order valence-electron chi connectivity index (χ4n) is 3.88. The summed E-state index contributed by atoms with van der Waals surface area (Å²) in [7, 11) is 1.89. The number of nitrogens with one attached hydrogen (secondary N) is 2. The Hall–Kier alpha value is -0.770. The van der Waals surface area contributed by atoms with Crippen molar-refractivity contribution in [3.8, 4) is 0 Å². The van der Waals surface area contributed by atoms with Crippen LogP contribution in [0.1, 0.15) is 64.7 Å². The summed E-state index contributed by atoms with van der Waals surface area (Å²) in [6, 6.07) is 0.592. The van der Waals surface area contributed by atoms with Gasteiger partial charge in [-0.3, -0.25) is 4.99 Å². The molecule has 0 spiro atoms. The molecule has 22 heavy (non-hydrogen) atoms. The maximum atomic E-state index is 4.40. The average Bonchev–Trinajstić information content (AvgIpc) is 2.57. The van der Waals surface area contributed by atoms with Crippen LogP contribution in [0.2, 0.25) is 0 Å². The molecule has 4 nitrogen and oxygen atoms in total. The van der Waals surface area contributed by atoms with E-state index in [1.54, 1.807) is 0 Å². The SMILES string of the molecule is CCCN1CCC(NC(=NC)NCCC2CCCCC2)CC1. The van der Waals surface area contributed by atoms with Crippen molar-refractivity contribution in [3.63, 3.8) is 0 Å². The van der Waals surface area contributed by atoms with Gasteiger partial charge in [0.1, 0.15) is 0 Å². The summed E-state index contributed by atoms with van der Waals surface area (Å²) >= 11 is 0. The Balaban J connectivity index is 1.61. The van der Waals surface area contributed by atoms with E-state index in [2.05, 4.69) is 27.4 Å². The van der Waals surface area contributed by atoms with Crippen LogP contribution in [0, 0.1) is 5.92 Å². The number of rotatable bonds is 6. The largest absolute Gasteiger partial charge is 0.356 e. The molecule has 0 atom stereocenters. The van der Waals surface area contributed by atoms with Crippen molar-refractivity contribution in [2.75, 3.05) is 33.2 Å². The highest BCUT2D eigenvalue weighted by Gasteiger charge is 2.19. The first-order chi connectivity index (χ1) is 10.8. The Morgan fingerprint density at radius 1 is 1.09 bits per heavy atom. The molecule has 128 valence electrons. The standard InChI is InChI=1S/C18H36N4/c1-3-13-22-14-10-17(11-15-22)21-18(19-2)20-12-9-16-7-5-4-6-8-16/h16-17H,3-15H2,1-2H3,(H2,19,20,21). The third kappa shape index (κ3) is 6.15.